The molecule has 0 bridgehead atoms. The zero-order chi connectivity index (χ0) is 13.9. The highest BCUT2D eigenvalue weighted by atomic mass is 16.5. The van der Waals surface area contributed by atoms with Gasteiger partial charge in [-0.25, -0.2) is 4.79 Å². The first-order valence-electron chi connectivity index (χ1n) is 7.52. The molecule has 1 heterocycles. The van der Waals surface area contributed by atoms with Crippen LogP contribution in [0, 0.1) is 0 Å². The average Bonchev–Trinajstić information content (AvgIpc) is 2.44. The molecular formula is C14H29N3O2. The van der Waals surface area contributed by atoms with E-state index in [0.717, 1.165) is 32.6 Å². The smallest absolute Gasteiger partial charge is 0.317 e. The number of urea groups is 1. The molecule has 0 spiro atoms. The molecule has 0 aliphatic carbocycles. The molecule has 112 valence electrons. The number of unbranched alkanes of at least 4 members (excludes halogenated alkanes) is 2. The number of piperazine rings is 1. The fourth-order valence-electron chi connectivity index (χ4n) is 2.28. The van der Waals surface area contributed by atoms with Gasteiger partial charge in [0.2, 0.25) is 0 Å². The highest BCUT2D eigenvalue weighted by Crippen LogP contribution is 2.04. The number of hydrogen-bond acceptors (Lipinski definition) is 3. The van der Waals surface area contributed by atoms with Crippen molar-refractivity contribution in [3.63, 3.8) is 0 Å². The Balaban J connectivity index is 2.09. The highest BCUT2D eigenvalue weighted by molar-refractivity contribution is 5.74. The van der Waals surface area contributed by atoms with Crippen LogP contribution in [0.3, 0.4) is 0 Å². The van der Waals surface area contributed by atoms with E-state index in [1.165, 1.54) is 25.8 Å². The minimum Gasteiger partial charge on any atom is -0.385 e. The van der Waals surface area contributed by atoms with Crippen molar-refractivity contribution in [1.82, 2.24) is 15.1 Å². The van der Waals surface area contributed by atoms with Gasteiger partial charge >= 0.3 is 6.03 Å². The lowest BCUT2D eigenvalue weighted by atomic mass is 10.2. The lowest BCUT2D eigenvalue weighted by molar-refractivity contribution is 0.137. The van der Waals surface area contributed by atoms with Crippen LogP contribution >= 0.6 is 0 Å². The van der Waals surface area contributed by atoms with Gasteiger partial charge < -0.3 is 15.0 Å². The van der Waals surface area contributed by atoms with Crippen LogP contribution in [0.1, 0.15) is 32.6 Å². The van der Waals surface area contributed by atoms with Gasteiger partial charge in [-0.1, -0.05) is 19.8 Å². The maximum Gasteiger partial charge on any atom is 0.317 e. The first-order chi connectivity index (χ1) is 9.27. The van der Waals surface area contributed by atoms with Crippen LogP contribution in [0.5, 0.6) is 0 Å². The van der Waals surface area contributed by atoms with Crippen molar-refractivity contribution in [2.24, 2.45) is 0 Å². The Morgan fingerprint density at radius 1 is 1.16 bits per heavy atom. The fourth-order valence-corrected chi connectivity index (χ4v) is 2.28. The largest absolute Gasteiger partial charge is 0.385 e. The molecule has 1 aliphatic rings. The summed E-state index contributed by atoms with van der Waals surface area (Å²) in [4.78, 5) is 16.3. The van der Waals surface area contributed by atoms with E-state index in [4.69, 9.17) is 4.74 Å². The SMILES string of the molecule is CCCCCN1CCN(C(=O)NCCCOC)CC1. The Morgan fingerprint density at radius 3 is 2.53 bits per heavy atom. The molecule has 1 rings (SSSR count). The first-order valence-corrected chi connectivity index (χ1v) is 7.52. The second-order valence-corrected chi connectivity index (χ2v) is 5.11. The van der Waals surface area contributed by atoms with E-state index in [0.29, 0.717) is 13.2 Å². The van der Waals surface area contributed by atoms with Crippen LogP contribution in [0.2, 0.25) is 0 Å². The van der Waals surface area contributed by atoms with Gasteiger partial charge in [0.1, 0.15) is 0 Å². The first kappa shape index (κ1) is 16.2. The standard InChI is InChI=1S/C14H29N3O2/c1-3-4-5-8-16-9-11-17(12-10-16)14(18)15-7-6-13-19-2/h3-13H2,1-2H3,(H,15,18). The minimum atomic E-state index is 0.0734. The van der Waals surface area contributed by atoms with Crippen molar-refractivity contribution in [1.29, 1.82) is 0 Å². The summed E-state index contributed by atoms with van der Waals surface area (Å²) in [7, 11) is 1.68. The van der Waals surface area contributed by atoms with Gasteiger partial charge in [-0.2, -0.15) is 0 Å². The minimum absolute atomic E-state index is 0.0734. The summed E-state index contributed by atoms with van der Waals surface area (Å²) in [5.41, 5.74) is 0. The van der Waals surface area contributed by atoms with Crippen LogP contribution < -0.4 is 5.32 Å². The van der Waals surface area contributed by atoms with Crippen molar-refractivity contribution in [2.75, 3.05) is 53.0 Å². The maximum absolute atomic E-state index is 11.9. The van der Waals surface area contributed by atoms with E-state index in [2.05, 4.69) is 17.1 Å². The number of amides is 2. The monoisotopic (exact) mass is 271 g/mol. The average molecular weight is 271 g/mol. The third kappa shape index (κ3) is 6.78. The van der Waals surface area contributed by atoms with Gasteiger partial charge in [0.25, 0.3) is 0 Å². The van der Waals surface area contributed by atoms with E-state index in [9.17, 15) is 4.79 Å². The van der Waals surface area contributed by atoms with Crippen LogP contribution in [0.15, 0.2) is 0 Å². The number of carbonyl (C=O) groups excluding carboxylic acids is 1. The van der Waals surface area contributed by atoms with Gasteiger partial charge in [0.05, 0.1) is 0 Å². The molecule has 1 saturated heterocycles. The fraction of sp³-hybridized carbons (Fsp3) is 0.929. The number of hydrogen-bond donors (Lipinski definition) is 1. The molecule has 19 heavy (non-hydrogen) atoms. The molecule has 0 saturated carbocycles. The molecule has 1 N–H and O–H groups in total. The third-order valence-electron chi connectivity index (χ3n) is 3.54. The summed E-state index contributed by atoms with van der Waals surface area (Å²) in [6.45, 7) is 8.52. The van der Waals surface area contributed by atoms with E-state index in [1.807, 2.05) is 4.90 Å². The van der Waals surface area contributed by atoms with Crippen LogP contribution in [0.4, 0.5) is 4.79 Å². The number of carbonyl (C=O) groups is 1. The number of methoxy groups -OCH3 is 1. The molecular weight excluding hydrogens is 242 g/mol. The summed E-state index contributed by atoms with van der Waals surface area (Å²) in [5.74, 6) is 0. The number of rotatable bonds is 8. The van der Waals surface area contributed by atoms with E-state index >= 15 is 0 Å². The predicted octanol–water partition coefficient (Wildman–Crippen LogP) is 1.54. The zero-order valence-corrected chi connectivity index (χ0v) is 12.5. The number of ether oxygens (including phenoxy) is 1. The van der Waals surface area contributed by atoms with Crippen molar-refractivity contribution in [3.8, 4) is 0 Å². The Kier molecular flexibility index (Phi) is 8.58. The number of nitrogens with one attached hydrogen (secondary N) is 1. The lowest BCUT2D eigenvalue weighted by Crippen LogP contribution is -2.52. The maximum atomic E-state index is 11.9. The van der Waals surface area contributed by atoms with Crippen LogP contribution in [-0.2, 0) is 4.74 Å². The molecule has 0 aromatic carbocycles. The Morgan fingerprint density at radius 2 is 1.89 bits per heavy atom. The molecule has 0 aromatic heterocycles. The highest BCUT2D eigenvalue weighted by Gasteiger charge is 2.20. The summed E-state index contributed by atoms with van der Waals surface area (Å²) in [6.07, 6.45) is 4.73. The lowest BCUT2D eigenvalue weighted by Gasteiger charge is -2.34. The molecule has 5 heteroatoms. The van der Waals surface area contributed by atoms with Gasteiger partial charge in [0, 0.05) is 46.4 Å². The summed E-state index contributed by atoms with van der Waals surface area (Å²) >= 11 is 0. The van der Waals surface area contributed by atoms with E-state index in [1.54, 1.807) is 7.11 Å². The van der Waals surface area contributed by atoms with Gasteiger partial charge in [0.15, 0.2) is 0 Å². The van der Waals surface area contributed by atoms with E-state index < -0.39 is 0 Å². The molecule has 5 nitrogen and oxygen atoms in total. The normalized spacial score (nSPS) is 16.6. The van der Waals surface area contributed by atoms with Crippen molar-refractivity contribution in [2.45, 2.75) is 32.6 Å². The molecule has 0 atom stereocenters. The summed E-state index contributed by atoms with van der Waals surface area (Å²) < 4.78 is 4.96. The second kappa shape index (κ2) is 10.0. The number of nitrogens with zero attached hydrogens (tertiary/aromatic N) is 2. The Labute approximate surface area is 117 Å². The second-order valence-electron chi connectivity index (χ2n) is 5.11. The Bertz CT molecular complexity index is 241. The van der Waals surface area contributed by atoms with Gasteiger partial charge in [-0.3, -0.25) is 4.90 Å². The van der Waals surface area contributed by atoms with Crippen LogP contribution in [-0.4, -0.2) is 68.8 Å². The van der Waals surface area contributed by atoms with Crippen molar-refractivity contribution >= 4 is 6.03 Å². The molecule has 1 fully saturated rings. The zero-order valence-electron chi connectivity index (χ0n) is 12.5. The molecule has 0 radical (unpaired) electrons. The molecule has 2 amide bonds. The molecule has 0 unspecified atom stereocenters. The van der Waals surface area contributed by atoms with E-state index in [-0.39, 0.29) is 6.03 Å². The van der Waals surface area contributed by atoms with Crippen LogP contribution in [0.25, 0.3) is 0 Å². The summed E-state index contributed by atoms with van der Waals surface area (Å²) in [5, 5.41) is 2.94. The quantitative estimate of drug-likeness (QED) is 0.681. The molecule has 0 aromatic rings. The van der Waals surface area contributed by atoms with Crippen molar-refractivity contribution in [3.05, 3.63) is 0 Å². The third-order valence-corrected chi connectivity index (χ3v) is 3.54. The summed E-state index contributed by atoms with van der Waals surface area (Å²) in [6, 6.07) is 0.0734. The topological polar surface area (TPSA) is 44.8 Å². The molecule has 1 aliphatic heterocycles. The Hall–Kier alpha value is -0.810. The van der Waals surface area contributed by atoms with Gasteiger partial charge in [-0.15, -0.1) is 0 Å². The van der Waals surface area contributed by atoms with Crippen molar-refractivity contribution < 1.29 is 9.53 Å². The van der Waals surface area contributed by atoms with Gasteiger partial charge in [-0.05, 0) is 19.4 Å². The predicted molar refractivity (Wildman–Crippen MR) is 77.4 cm³/mol.